The fraction of sp³-hybridized carbons (Fsp3) is 0.533. The molecule has 0 fully saturated rings. The summed E-state index contributed by atoms with van der Waals surface area (Å²) in [7, 11) is 1.99. The monoisotopic (exact) mass is 303 g/mol. The molecule has 2 heterocycles. The van der Waals surface area contributed by atoms with E-state index in [2.05, 4.69) is 41.7 Å². The number of nitriles is 1. The van der Waals surface area contributed by atoms with Crippen LogP contribution in [0.3, 0.4) is 0 Å². The Kier molecular flexibility index (Phi) is 4.33. The van der Waals surface area contributed by atoms with E-state index in [1.807, 2.05) is 24.7 Å². The zero-order valence-electron chi connectivity index (χ0n) is 13.2. The zero-order valence-corrected chi connectivity index (χ0v) is 14.0. The maximum atomic E-state index is 9.13. The molecule has 0 radical (unpaired) electrons. The molecule has 0 aliphatic heterocycles. The van der Waals surface area contributed by atoms with Crippen LogP contribution >= 0.6 is 11.3 Å². The van der Waals surface area contributed by atoms with Crippen LogP contribution in [0.1, 0.15) is 37.0 Å². The zero-order chi connectivity index (χ0) is 15.6. The normalized spacial score (nSPS) is 11.4. The molecule has 0 amide bonds. The first-order valence-electron chi connectivity index (χ1n) is 6.88. The Labute approximate surface area is 129 Å². The molecule has 0 unspecified atom stereocenters. The topological polar surface area (TPSA) is 57.7 Å². The van der Waals surface area contributed by atoms with Crippen LogP contribution < -0.4 is 4.90 Å². The highest BCUT2D eigenvalue weighted by molar-refractivity contribution is 7.16. The van der Waals surface area contributed by atoms with Crippen LogP contribution in [0.25, 0.3) is 0 Å². The molecular weight excluding hydrogens is 282 g/mol. The average Bonchev–Trinajstić information content (AvgIpc) is 2.94. The molecule has 2 aromatic heterocycles. The molecule has 0 bridgehead atoms. The number of nitrogens with zero attached hydrogens (tertiary/aromatic N) is 5. The second kappa shape index (κ2) is 5.86. The van der Waals surface area contributed by atoms with E-state index in [0.717, 1.165) is 29.6 Å². The second-order valence-electron chi connectivity index (χ2n) is 6.44. The molecule has 2 rings (SSSR count). The maximum Gasteiger partial charge on any atom is 0.187 e. The Hall–Kier alpha value is -1.87. The summed E-state index contributed by atoms with van der Waals surface area (Å²) in [6, 6.07) is 2.22. The molecule has 0 saturated carbocycles. The lowest BCUT2D eigenvalue weighted by Gasteiger charge is -2.29. The van der Waals surface area contributed by atoms with Gasteiger partial charge in [0.2, 0.25) is 0 Å². The van der Waals surface area contributed by atoms with E-state index in [4.69, 9.17) is 5.26 Å². The summed E-state index contributed by atoms with van der Waals surface area (Å²) < 4.78 is 2.02. The highest BCUT2D eigenvalue weighted by Crippen LogP contribution is 2.29. The van der Waals surface area contributed by atoms with Crippen LogP contribution in [-0.2, 0) is 13.6 Å². The third-order valence-corrected chi connectivity index (χ3v) is 4.21. The molecule has 0 spiro atoms. The standard InChI is InChI=1S/C15H21N5S/c1-11-13(6-16)21-14(18-11)20(9-15(2,3)4)8-12-7-17-10-19(12)5/h7,10H,8-9H2,1-5H3. The second-order valence-corrected chi connectivity index (χ2v) is 7.41. The van der Waals surface area contributed by atoms with Gasteiger partial charge >= 0.3 is 0 Å². The van der Waals surface area contributed by atoms with Crippen LogP contribution in [-0.4, -0.2) is 21.1 Å². The van der Waals surface area contributed by atoms with Gasteiger partial charge in [-0.15, -0.1) is 0 Å². The highest BCUT2D eigenvalue weighted by Gasteiger charge is 2.21. The van der Waals surface area contributed by atoms with Crippen molar-refractivity contribution in [3.05, 3.63) is 28.8 Å². The van der Waals surface area contributed by atoms with E-state index in [1.165, 1.54) is 11.3 Å². The Bertz CT molecular complexity index is 656. The molecule has 21 heavy (non-hydrogen) atoms. The Morgan fingerprint density at radius 1 is 1.43 bits per heavy atom. The first-order chi connectivity index (χ1) is 9.80. The number of hydrogen-bond acceptors (Lipinski definition) is 5. The number of anilines is 1. The largest absolute Gasteiger partial charge is 0.342 e. The Balaban J connectivity index is 2.31. The van der Waals surface area contributed by atoms with Crippen molar-refractivity contribution in [2.45, 2.75) is 34.2 Å². The summed E-state index contributed by atoms with van der Waals surface area (Å²) in [5, 5.41) is 10.0. The van der Waals surface area contributed by atoms with Gasteiger partial charge in [-0.05, 0) is 12.3 Å². The summed E-state index contributed by atoms with van der Waals surface area (Å²) in [4.78, 5) is 11.7. The van der Waals surface area contributed by atoms with Crippen LogP contribution in [0.15, 0.2) is 12.5 Å². The number of aryl methyl sites for hydroxylation is 2. The van der Waals surface area contributed by atoms with E-state index in [1.54, 1.807) is 6.33 Å². The summed E-state index contributed by atoms with van der Waals surface area (Å²) in [5.41, 5.74) is 2.08. The van der Waals surface area contributed by atoms with Crippen molar-refractivity contribution in [1.29, 1.82) is 5.26 Å². The molecule has 0 aliphatic rings. The van der Waals surface area contributed by atoms with Crippen LogP contribution in [0.4, 0.5) is 5.13 Å². The lowest BCUT2D eigenvalue weighted by molar-refractivity contribution is 0.407. The van der Waals surface area contributed by atoms with Gasteiger partial charge in [-0.1, -0.05) is 32.1 Å². The fourth-order valence-electron chi connectivity index (χ4n) is 2.12. The van der Waals surface area contributed by atoms with Crippen molar-refractivity contribution in [2.75, 3.05) is 11.4 Å². The van der Waals surface area contributed by atoms with Gasteiger partial charge in [0.05, 0.1) is 24.3 Å². The van der Waals surface area contributed by atoms with E-state index < -0.39 is 0 Å². The number of aromatic nitrogens is 3. The van der Waals surface area contributed by atoms with Gasteiger partial charge in [0.15, 0.2) is 5.13 Å². The average molecular weight is 303 g/mol. The molecule has 2 aromatic rings. The summed E-state index contributed by atoms with van der Waals surface area (Å²) in [5.74, 6) is 0. The number of rotatable bonds is 4. The number of hydrogen-bond donors (Lipinski definition) is 0. The molecule has 0 aromatic carbocycles. The highest BCUT2D eigenvalue weighted by atomic mass is 32.1. The van der Waals surface area contributed by atoms with Crippen molar-refractivity contribution in [1.82, 2.24) is 14.5 Å². The molecule has 112 valence electrons. The van der Waals surface area contributed by atoms with Gasteiger partial charge in [-0.3, -0.25) is 0 Å². The van der Waals surface area contributed by atoms with Gasteiger partial charge in [0.1, 0.15) is 10.9 Å². The van der Waals surface area contributed by atoms with Crippen molar-refractivity contribution in [2.24, 2.45) is 12.5 Å². The van der Waals surface area contributed by atoms with Crippen LogP contribution in [0.5, 0.6) is 0 Å². The third-order valence-electron chi connectivity index (χ3n) is 3.09. The number of thiazole rings is 1. The molecule has 0 aliphatic carbocycles. The smallest absolute Gasteiger partial charge is 0.187 e. The minimum atomic E-state index is 0.144. The van der Waals surface area contributed by atoms with Gasteiger partial charge in [-0.25, -0.2) is 9.97 Å². The fourth-order valence-corrected chi connectivity index (χ4v) is 2.98. The van der Waals surface area contributed by atoms with Gasteiger partial charge < -0.3 is 9.47 Å². The minimum absolute atomic E-state index is 0.144. The van der Waals surface area contributed by atoms with E-state index in [-0.39, 0.29) is 5.41 Å². The van der Waals surface area contributed by atoms with E-state index >= 15 is 0 Å². The summed E-state index contributed by atoms with van der Waals surface area (Å²) >= 11 is 1.46. The number of imidazole rings is 1. The molecule has 6 heteroatoms. The molecule has 5 nitrogen and oxygen atoms in total. The van der Waals surface area contributed by atoms with Crippen molar-refractivity contribution >= 4 is 16.5 Å². The maximum absolute atomic E-state index is 9.13. The molecule has 0 N–H and O–H groups in total. The Morgan fingerprint density at radius 2 is 2.14 bits per heavy atom. The van der Waals surface area contributed by atoms with Crippen LogP contribution in [0.2, 0.25) is 0 Å². The molecule has 0 atom stereocenters. The van der Waals surface area contributed by atoms with E-state index in [9.17, 15) is 0 Å². The van der Waals surface area contributed by atoms with Crippen molar-refractivity contribution < 1.29 is 0 Å². The third kappa shape index (κ3) is 3.82. The SMILES string of the molecule is Cc1nc(N(Cc2cncn2C)CC(C)(C)C)sc1C#N. The lowest BCUT2D eigenvalue weighted by atomic mass is 9.96. The first-order valence-corrected chi connectivity index (χ1v) is 7.69. The van der Waals surface area contributed by atoms with Crippen LogP contribution in [0, 0.1) is 23.7 Å². The first kappa shape index (κ1) is 15.5. The lowest BCUT2D eigenvalue weighted by Crippen LogP contribution is -2.32. The van der Waals surface area contributed by atoms with Gasteiger partial charge in [-0.2, -0.15) is 5.26 Å². The molecule has 0 saturated heterocycles. The predicted molar refractivity (Wildman–Crippen MR) is 85.3 cm³/mol. The quantitative estimate of drug-likeness (QED) is 0.871. The summed E-state index contributed by atoms with van der Waals surface area (Å²) in [6.45, 7) is 10.1. The Morgan fingerprint density at radius 3 is 2.62 bits per heavy atom. The molecular formula is C15H21N5S. The van der Waals surface area contributed by atoms with Gasteiger partial charge in [0, 0.05) is 19.8 Å². The van der Waals surface area contributed by atoms with Crippen molar-refractivity contribution in [3.8, 4) is 6.07 Å². The summed E-state index contributed by atoms with van der Waals surface area (Å²) in [6.07, 6.45) is 3.68. The van der Waals surface area contributed by atoms with Gasteiger partial charge in [0.25, 0.3) is 0 Å². The minimum Gasteiger partial charge on any atom is -0.342 e. The van der Waals surface area contributed by atoms with Crippen molar-refractivity contribution in [3.63, 3.8) is 0 Å². The van der Waals surface area contributed by atoms with E-state index in [0.29, 0.717) is 4.88 Å². The predicted octanol–water partition coefficient (Wildman–Crippen LogP) is 3.11.